The third kappa shape index (κ3) is 9.10. The maximum absolute atomic E-state index is 6.48. The summed E-state index contributed by atoms with van der Waals surface area (Å²) in [7, 11) is 2.05. The molecule has 2 unspecified atom stereocenters. The van der Waals surface area contributed by atoms with Crippen molar-refractivity contribution in [3.63, 3.8) is 0 Å². The van der Waals surface area contributed by atoms with Gasteiger partial charge in [-0.2, -0.15) is 4.99 Å². The van der Waals surface area contributed by atoms with Crippen molar-refractivity contribution in [3.8, 4) is 0 Å². The van der Waals surface area contributed by atoms with E-state index >= 15 is 0 Å². The number of guanidine groups is 2. The number of alkyl halides is 1. The lowest BCUT2D eigenvalue weighted by Gasteiger charge is -2.11. The van der Waals surface area contributed by atoms with Gasteiger partial charge >= 0.3 is 0 Å². The highest BCUT2D eigenvalue weighted by atomic mass is 35.5. The summed E-state index contributed by atoms with van der Waals surface area (Å²) in [4.78, 5) is 20.7. The molecule has 0 saturated heterocycles. The SMILES string of the molecule is CCN(C)CCN=CN=C(NC(N)=Nc1ncc(C2CC=CC(Cl)C=C2Cl)s1)Nc1ccccc1. The Morgan fingerprint density at radius 3 is 2.91 bits per heavy atom. The van der Waals surface area contributed by atoms with Crippen LogP contribution in [0.5, 0.6) is 0 Å². The van der Waals surface area contributed by atoms with Crippen LogP contribution in [0.1, 0.15) is 24.1 Å². The minimum Gasteiger partial charge on any atom is -0.369 e. The third-order valence-electron chi connectivity index (χ3n) is 5.12. The van der Waals surface area contributed by atoms with Crippen molar-refractivity contribution in [2.75, 3.05) is 32.0 Å². The lowest BCUT2D eigenvalue weighted by Crippen LogP contribution is -2.40. The van der Waals surface area contributed by atoms with E-state index < -0.39 is 0 Å². The monoisotopic (exact) mass is 532 g/mol. The number of hydrogen-bond donors (Lipinski definition) is 3. The van der Waals surface area contributed by atoms with E-state index in [-0.39, 0.29) is 17.3 Å². The molecule has 1 heterocycles. The number of hydrogen-bond acceptors (Lipinski definition) is 5. The molecular weight excluding hydrogens is 503 g/mol. The van der Waals surface area contributed by atoms with E-state index in [1.807, 2.05) is 48.6 Å². The second-order valence-electron chi connectivity index (χ2n) is 7.77. The number of nitrogens with zero attached hydrogens (tertiary/aromatic N) is 5. The minimum absolute atomic E-state index is 0.00661. The summed E-state index contributed by atoms with van der Waals surface area (Å²) in [6, 6.07) is 9.65. The van der Waals surface area contributed by atoms with Crippen LogP contribution in [0.4, 0.5) is 10.8 Å². The van der Waals surface area contributed by atoms with Gasteiger partial charge in [0.15, 0.2) is 0 Å². The molecule has 0 spiro atoms. The number of aromatic nitrogens is 1. The first-order chi connectivity index (χ1) is 16.9. The first-order valence-electron chi connectivity index (χ1n) is 11.3. The molecule has 0 fully saturated rings. The minimum atomic E-state index is -0.205. The normalized spacial score (nSPS) is 19.2. The van der Waals surface area contributed by atoms with Crippen LogP contribution in [0, 0.1) is 0 Å². The van der Waals surface area contributed by atoms with Gasteiger partial charge in [0, 0.05) is 34.3 Å². The largest absolute Gasteiger partial charge is 0.369 e. The number of likely N-dealkylation sites (N-methyl/N-ethyl adjacent to an activating group) is 1. The molecule has 1 aromatic carbocycles. The second kappa shape index (κ2) is 14.0. The average molecular weight is 534 g/mol. The number of anilines is 1. The molecule has 4 N–H and O–H groups in total. The molecule has 0 bridgehead atoms. The van der Waals surface area contributed by atoms with Crippen LogP contribution in [0.15, 0.2) is 74.8 Å². The molecule has 35 heavy (non-hydrogen) atoms. The smallest absolute Gasteiger partial charge is 0.212 e. The van der Waals surface area contributed by atoms with Crippen LogP contribution in [0.3, 0.4) is 0 Å². The van der Waals surface area contributed by atoms with Gasteiger partial charge in [0.2, 0.25) is 17.1 Å². The number of para-hydroxylation sites is 1. The van der Waals surface area contributed by atoms with E-state index in [0.29, 0.717) is 22.7 Å². The summed E-state index contributed by atoms with van der Waals surface area (Å²) >= 11 is 14.1. The predicted molar refractivity (Wildman–Crippen MR) is 151 cm³/mol. The van der Waals surface area contributed by atoms with Crippen LogP contribution in [0.25, 0.3) is 0 Å². The number of allylic oxidation sites excluding steroid dienone is 4. The summed E-state index contributed by atoms with van der Waals surface area (Å²) in [5, 5.41) is 7.21. The lowest BCUT2D eigenvalue weighted by molar-refractivity contribution is 0.363. The molecule has 0 radical (unpaired) electrons. The standard InChI is InChI=1S/C24H30Cl2N8S/c1-3-34(2)13-12-28-16-30-23(31-18-9-5-4-6-10-18)32-22(27)33-24-29-15-21(35-24)19-11-7-8-17(25)14-20(19)26/h4-10,14-17,19H,3,11-13H2,1-2H3,(H4,27,28,29,30,31,32,33). The lowest BCUT2D eigenvalue weighted by atomic mass is 10.0. The Kier molecular flexibility index (Phi) is 10.7. The van der Waals surface area contributed by atoms with Crippen molar-refractivity contribution < 1.29 is 0 Å². The second-order valence-corrected chi connectivity index (χ2v) is 9.75. The summed E-state index contributed by atoms with van der Waals surface area (Å²) in [5.41, 5.74) is 7.02. The molecule has 186 valence electrons. The summed E-state index contributed by atoms with van der Waals surface area (Å²) < 4.78 is 0. The van der Waals surface area contributed by atoms with E-state index in [4.69, 9.17) is 28.9 Å². The van der Waals surface area contributed by atoms with E-state index in [1.165, 1.54) is 17.7 Å². The fourth-order valence-corrected chi connectivity index (χ4v) is 4.71. The van der Waals surface area contributed by atoms with Crippen LogP contribution >= 0.6 is 34.5 Å². The Balaban J connectivity index is 1.70. The first kappa shape index (κ1) is 26.9. The van der Waals surface area contributed by atoms with Crippen molar-refractivity contribution in [2.24, 2.45) is 20.7 Å². The van der Waals surface area contributed by atoms with E-state index in [1.54, 1.807) is 6.20 Å². The molecule has 1 aliphatic carbocycles. The van der Waals surface area contributed by atoms with E-state index in [2.05, 4.69) is 49.5 Å². The summed E-state index contributed by atoms with van der Waals surface area (Å²) in [5.74, 6) is 0.553. The highest BCUT2D eigenvalue weighted by Gasteiger charge is 2.20. The Morgan fingerprint density at radius 2 is 2.14 bits per heavy atom. The predicted octanol–water partition coefficient (Wildman–Crippen LogP) is 4.90. The van der Waals surface area contributed by atoms with Gasteiger partial charge in [-0.05, 0) is 38.2 Å². The topological polar surface area (TPSA) is 103 Å². The molecule has 2 aromatic rings. The quantitative estimate of drug-likeness (QED) is 0.194. The molecule has 1 aromatic heterocycles. The Bertz CT molecular complexity index is 1090. The van der Waals surface area contributed by atoms with Crippen LogP contribution in [0.2, 0.25) is 0 Å². The average Bonchev–Trinajstić information content (AvgIpc) is 3.21. The highest BCUT2D eigenvalue weighted by molar-refractivity contribution is 7.15. The van der Waals surface area contributed by atoms with Gasteiger partial charge in [-0.25, -0.2) is 9.98 Å². The molecular formula is C24H30Cl2N8S. The van der Waals surface area contributed by atoms with Gasteiger partial charge in [0.05, 0.1) is 11.9 Å². The Hall–Kier alpha value is -2.72. The first-order valence-corrected chi connectivity index (χ1v) is 12.9. The molecule has 3 rings (SSSR count). The zero-order valence-corrected chi connectivity index (χ0v) is 22.1. The number of nitrogens with one attached hydrogen (secondary N) is 2. The van der Waals surface area contributed by atoms with E-state index in [0.717, 1.165) is 30.1 Å². The number of halogens is 2. The highest BCUT2D eigenvalue weighted by Crippen LogP contribution is 2.38. The molecule has 8 nitrogen and oxygen atoms in total. The molecule has 11 heteroatoms. The number of nitrogens with two attached hydrogens (primary N) is 1. The van der Waals surface area contributed by atoms with Gasteiger partial charge in [-0.15, -0.1) is 11.6 Å². The third-order valence-corrected chi connectivity index (χ3v) is 6.78. The number of rotatable bonds is 8. The molecule has 1 aliphatic rings. The molecule has 0 amide bonds. The van der Waals surface area contributed by atoms with Crippen molar-refractivity contribution >= 4 is 63.6 Å². The number of benzene rings is 1. The fraction of sp³-hybridized carbons (Fsp3) is 0.333. The van der Waals surface area contributed by atoms with Gasteiger partial charge in [0.25, 0.3) is 0 Å². The van der Waals surface area contributed by atoms with Crippen molar-refractivity contribution in [2.45, 2.75) is 24.6 Å². The van der Waals surface area contributed by atoms with Gasteiger partial charge in [-0.3, -0.25) is 10.3 Å². The van der Waals surface area contributed by atoms with Crippen LogP contribution < -0.4 is 16.4 Å². The Labute approximate surface area is 220 Å². The maximum atomic E-state index is 6.48. The zero-order chi connectivity index (χ0) is 25.0. The zero-order valence-electron chi connectivity index (χ0n) is 19.7. The van der Waals surface area contributed by atoms with Gasteiger partial charge < -0.3 is 16.0 Å². The molecule has 2 atom stereocenters. The number of aliphatic imine (C=N–C) groups is 3. The van der Waals surface area contributed by atoms with Crippen molar-refractivity contribution in [1.82, 2.24) is 15.2 Å². The summed E-state index contributed by atoms with van der Waals surface area (Å²) in [6.07, 6.45) is 9.84. The van der Waals surface area contributed by atoms with Crippen LogP contribution in [-0.2, 0) is 0 Å². The van der Waals surface area contributed by atoms with Gasteiger partial charge in [-0.1, -0.05) is 60.2 Å². The summed E-state index contributed by atoms with van der Waals surface area (Å²) in [6.45, 7) is 4.58. The van der Waals surface area contributed by atoms with E-state index in [9.17, 15) is 0 Å². The molecule has 0 saturated carbocycles. The van der Waals surface area contributed by atoms with Crippen molar-refractivity contribution in [1.29, 1.82) is 0 Å². The maximum Gasteiger partial charge on any atom is 0.212 e. The Morgan fingerprint density at radius 1 is 1.34 bits per heavy atom. The molecule has 0 aliphatic heterocycles. The number of thiazole rings is 1. The van der Waals surface area contributed by atoms with Crippen LogP contribution in [-0.4, -0.2) is 60.2 Å². The van der Waals surface area contributed by atoms with Gasteiger partial charge in [0.1, 0.15) is 6.34 Å². The van der Waals surface area contributed by atoms with Crippen molar-refractivity contribution in [3.05, 3.63) is 64.7 Å². The fourth-order valence-electron chi connectivity index (χ4n) is 3.07.